The van der Waals surface area contributed by atoms with Gasteiger partial charge in [0.15, 0.2) is 11.8 Å². The van der Waals surface area contributed by atoms with Gasteiger partial charge in [-0.3, -0.25) is 0 Å². The zero-order valence-electron chi connectivity index (χ0n) is 18.7. The molecule has 1 fully saturated rings. The number of halogens is 1. The summed E-state index contributed by atoms with van der Waals surface area (Å²) >= 11 is 0. The van der Waals surface area contributed by atoms with Gasteiger partial charge in [-0.1, -0.05) is 31.4 Å². The highest BCUT2D eigenvalue weighted by atomic mass is 127. The first kappa shape index (κ1) is 23.6. The molecule has 4 rings (SSSR count). The molecule has 0 amide bonds. The zero-order valence-corrected chi connectivity index (χ0v) is 21.1. The molecular formula is C23H34IN7. The van der Waals surface area contributed by atoms with Gasteiger partial charge in [-0.2, -0.15) is 0 Å². The largest absolute Gasteiger partial charge is 0.361 e. The van der Waals surface area contributed by atoms with Crippen LogP contribution in [-0.4, -0.2) is 38.3 Å². The molecule has 168 valence electrons. The van der Waals surface area contributed by atoms with E-state index in [2.05, 4.69) is 57.1 Å². The Morgan fingerprint density at radius 1 is 1.19 bits per heavy atom. The maximum absolute atomic E-state index is 4.82. The predicted octanol–water partition coefficient (Wildman–Crippen LogP) is 4.14. The van der Waals surface area contributed by atoms with Crippen LogP contribution >= 0.6 is 24.0 Å². The summed E-state index contributed by atoms with van der Waals surface area (Å²) in [6.07, 6.45) is 9.43. The molecule has 1 saturated carbocycles. The van der Waals surface area contributed by atoms with E-state index in [0.717, 1.165) is 30.6 Å². The number of nitrogens with one attached hydrogen (secondary N) is 3. The molecule has 1 aliphatic rings. The lowest BCUT2D eigenvalue weighted by Crippen LogP contribution is -2.44. The first-order valence-electron chi connectivity index (χ1n) is 11.1. The summed E-state index contributed by atoms with van der Waals surface area (Å²) in [5.74, 6) is 2.66. The molecule has 31 heavy (non-hydrogen) atoms. The third kappa shape index (κ3) is 5.78. The van der Waals surface area contributed by atoms with Gasteiger partial charge in [0.2, 0.25) is 0 Å². The summed E-state index contributed by atoms with van der Waals surface area (Å²) < 4.78 is 2.00. The smallest absolute Gasteiger partial charge is 0.191 e. The second-order valence-electron chi connectivity index (χ2n) is 8.35. The van der Waals surface area contributed by atoms with Crippen LogP contribution in [0.15, 0.2) is 29.4 Å². The Hall–Kier alpha value is -2.10. The van der Waals surface area contributed by atoms with Crippen LogP contribution in [0, 0.1) is 13.8 Å². The summed E-state index contributed by atoms with van der Waals surface area (Å²) in [6, 6.07) is 6.91. The Balaban J connectivity index is 0.00000272. The van der Waals surface area contributed by atoms with Crippen molar-refractivity contribution in [2.45, 2.75) is 65.0 Å². The van der Waals surface area contributed by atoms with Crippen LogP contribution in [0.4, 0.5) is 0 Å². The normalized spacial score (nSPS) is 15.1. The van der Waals surface area contributed by atoms with Gasteiger partial charge in [0, 0.05) is 36.7 Å². The third-order valence-electron chi connectivity index (χ3n) is 6.19. The summed E-state index contributed by atoms with van der Waals surface area (Å²) in [5, 5.41) is 16.9. The third-order valence-corrected chi connectivity index (χ3v) is 6.19. The summed E-state index contributed by atoms with van der Waals surface area (Å²) in [6.45, 7) is 5.49. The molecule has 0 atom stereocenters. The molecule has 7 nitrogen and oxygen atoms in total. The maximum Gasteiger partial charge on any atom is 0.191 e. The first-order valence-corrected chi connectivity index (χ1v) is 11.1. The van der Waals surface area contributed by atoms with Gasteiger partial charge in [-0.25, -0.2) is 4.99 Å². The zero-order chi connectivity index (χ0) is 20.9. The van der Waals surface area contributed by atoms with Crippen LogP contribution in [0.5, 0.6) is 0 Å². The Morgan fingerprint density at radius 2 is 2.00 bits per heavy atom. The topological polar surface area (TPSA) is 82.9 Å². The fraction of sp³-hybridized carbons (Fsp3) is 0.522. The van der Waals surface area contributed by atoms with Crippen molar-refractivity contribution in [3.63, 3.8) is 0 Å². The van der Waals surface area contributed by atoms with Crippen molar-refractivity contribution in [2.75, 3.05) is 6.54 Å². The van der Waals surface area contributed by atoms with E-state index in [0.29, 0.717) is 12.6 Å². The van der Waals surface area contributed by atoms with Gasteiger partial charge in [-0.15, -0.1) is 34.2 Å². The Morgan fingerprint density at radius 3 is 2.74 bits per heavy atom. The number of guanidine groups is 1. The summed E-state index contributed by atoms with van der Waals surface area (Å²) in [4.78, 5) is 8.22. The number of aromatic nitrogens is 4. The van der Waals surface area contributed by atoms with E-state index in [1.807, 2.05) is 18.5 Å². The second-order valence-corrected chi connectivity index (χ2v) is 8.35. The molecule has 0 bridgehead atoms. The molecule has 1 aliphatic carbocycles. The molecule has 0 saturated heterocycles. The highest BCUT2D eigenvalue weighted by molar-refractivity contribution is 14.0. The summed E-state index contributed by atoms with van der Waals surface area (Å²) in [7, 11) is 1.99. The molecule has 0 radical (unpaired) electrons. The minimum Gasteiger partial charge on any atom is -0.361 e. The van der Waals surface area contributed by atoms with Crippen LogP contribution in [0.25, 0.3) is 10.9 Å². The quantitative estimate of drug-likeness (QED) is 0.252. The van der Waals surface area contributed by atoms with E-state index in [-0.39, 0.29) is 24.0 Å². The van der Waals surface area contributed by atoms with Crippen LogP contribution in [0.2, 0.25) is 0 Å². The standard InChI is InChI=1S/C23H33N7.HI/c1-16-8-7-11-20-22(16)18(14-25-20)12-13-24-23(27-19-9-5-4-6-10-19)26-15-21-29-28-17(2)30(21)3;/h7-8,11,14,19,25H,4-6,9-10,12-13,15H2,1-3H3,(H2,24,26,27);1H. The number of rotatable bonds is 6. The molecule has 0 spiro atoms. The van der Waals surface area contributed by atoms with Gasteiger partial charge in [-0.05, 0) is 50.3 Å². The van der Waals surface area contributed by atoms with Gasteiger partial charge < -0.3 is 20.2 Å². The highest BCUT2D eigenvalue weighted by Gasteiger charge is 2.15. The molecule has 3 N–H and O–H groups in total. The molecular weight excluding hydrogens is 501 g/mol. The van der Waals surface area contributed by atoms with Crippen molar-refractivity contribution in [3.8, 4) is 0 Å². The monoisotopic (exact) mass is 535 g/mol. The predicted molar refractivity (Wildman–Crippen MR) is 137 cm³/mol. The van der Waals surface area contributed by atoms with Gasteiger partial charge in [0.25, 0.3) is 0 Å². The molecule has 8 heteroatoms. The van der Waals surface area contributed by atoms with Crippen molar-refractivity contribution in [3.05, 3.63) is 47.2 Å². The van der Waals surface area contributed by atoms with Crippen LogP contribution in [0.3, 0.4) is 0 Å². The molecule has 2 heterocycles. The Bertz CT molecular complexity index is 1010. The lowest BCUT2D eigenvalue weighted by atomic mass is 9.96. The Kier molecular flexibility index (Phi) is 8.34. The fourth-order valence-electron chi connectivity index (χ4n) is 4.30. The first-order chi connectivity index (χ1) is 14.6. The number of aliphatic imine (C=N–C) groups is 1. The lowest BCUT2D eigenvalue weighted by Gasteiger charge is -2.25. The van der Waals surface area contributed by atoms with Crippen LogP contribution < -0.4 is 10.6 Å². The minimum absolute atomic E-state index is 0. The van der Waals surface area contributed by atoms with Crippen molar-refractivity contribution in [1.29, 1.82) is 0 Å². The molecule has 3 aromatic rings. The number of aromatic amines is 1. The number of hydrogen-bond acceptors (Lipinski definition) is 3. The van der Waals surface area contributed by atoms with Crippen LogP contribution in [-0.2, 0) is 20.0 Å². The lowest BCUT2D eigenvalue weighted by molar-refractivity contribution is 0.410. The van der Waals surface area contributed by atoms with Crippen molar-refractivity contribution < 1.29 is 0 Å². The van der Waals surface area contributed by atoms with Gasteiger partial charge in [0.05, 0.1) is 0 Å². The molecule has 0 unspecified atom stereocenters. The second kappa shape index (κ2) is 11.0. The average molecular weight is 535 g/mol. The number of aryl methyl sites for hydroxylation is 2. The maximum atomic E-state index is 4.82. The number of benzene rings is 1. The molecule has 1 aromatic carbocycles. The van der Waals surface area contributed by atoms with Crippen molar-refractivity contribution in [2.24, 2.45) is 12.0 Å². The van der Waals surface area contributed by atoms with E-state index >= 15 is 0 Å². The fourth-order valence-corrected chi connectivity index (χ4v) is 4.30. The van der Waals surface area contributed by atoms with Crippen molar-refractivity contribution >= 4 is 40.8 Å². The van der Waals surface area contributed by atoms with E-state index in [4.69, 9.17) is 4.99 Å². The molecule has 2 aromatic heterocycles. The minimum atomic E-state index is 0. The SMILES string of the molecule is Cc1cccc2[nH]cc(CCNC(=NCc3nnc(C)n3C)NC3CCCCC3)c12.I. The van der Waals surface area contributed by atoms with Crippen LogP contribution in [0.1, 0.15) is 54.9 Å². The van der Waals surface area contributed by atoms with E-state index < -0.39 is 0 Å². The van der Waals surface area contributed by atoms with E-state index in [9.17, 15) is 0 Å². The highest BCUT2D eigenvalue weighted by Crippen LogP contribution is 2.22. The number of H-pyrrole nitrogens is 1. The summed E-state index contributed by atoms with van der Waals surface area (Å²) in [5.41, 5.74) is 3.86. The Labute approximate surface area is 201 Å². The van der Waals surface area contributed by atoms with E-state index in [1.54, 1.807) is 0 Å². The molecule has 0 aliphatic heterocycles. The number of hydrogen-bond donors (Lipinski definition) is 3. The average Bonchev–Trinajstić information content (AvgIpc) is 3.31. The van der Waals surface area contributed by atoms with Gasteiger partial charge >= 0.3 is 0 Å². The number of nitrogens with zero attached hydrogens (tertiary/aromatic N) is 4. The van der Waals surface area contributed by atoms with Crippen molar-refractivity contribution in [1.82, 2.24) is 30.4 Å². The van der Waals surface area contributed by atoms with Gasteiger partial charge in [0.1, 0.15) is 12.4 Å². The number of fused-ring (bicyclic) bond motifs is 1. The van der Waals surface area contributed by atoms with E-state index in [1.165, 1.54) is 54.1 Å².